The first-order chi connectivity index (χ1) is 12.6. The van der Waals surface area contributed by atoms with Gasteiger partial charge in [0.25, 0.3) is 0 Å². The molecular formula is C23H27N2P. The van der Waals surface area contributed by atoms with E-state index >= 15 is 0 Å². The topological polar surface area (TPSA) is 6.48 Å². The number of hydrogen-bond acceptors (Lipinski definition) is 2. The minimum absolute atomic E-state index is 0.367. The van der Waals surface area contributed by atoms with Crippen LogP contribution in [0.1, 0.15) is 6.92 Å². The van der Waals surface area contributed by atoms with Crippen LogP contribution in [0.4, 0.5) is 11.4 Å². The van der Waals surface area contributed by atoms with E-state index in [0.29, 0.717) is 6.17 Å². The molecule has 0 N–H and O–H groups in total. The van der Waals surface area contributed by atoms with Gasteiger partial charge in [0.05, 0.1) is 0 Å². The molecule has 0 saturated carbocycles. The van der Waals surface area contributed by atoms with Gasteiger partial charge in [-0.15, -0.1) is 0 Å². The zero-order valence-corrected chi connectivity index (χ0v) is 16.8. The molecule has 3 heteroatoms. The van der Waals surface area contributed by atoms with E-state index in [4.69, 9.17) is 0 Å². The predicted octanol–water partition coefficient (Wildman–Crippen LogP) is 4.28. The molecule has 1 aliphatic heterocycles. The molecule has 134 valence electrons. The molecule has 1 atom stereocenters. The molecule has 1 unspecified atom stereocenters. The van der Waals surface area contributed by atoms with Crippen LogP contribution in [-0.4, -0.2) is 26.2 Å². The van der Waals surface area contributed by atoms with Crippen molar-refractivity contribution in [3.8, 4) is 0 Å². The standard InChI is InChI=1S/C23H27N2P/c1-19-24(2)22-16-10-11-17-23(22)25(19)18-26(3,20-12-6-4-7-13-20)21-14-8-5-9-15-21/h4-17,19,26H,18H2,1-3H3. The van der Waals surface area contributed by atoms with Gasteiger partial charge in [0.15, 0.2) is 0 Å². The van der Waals surface area contributed by atoms with Crippen LogP contribution in [0.15, 0.2) is 84.9 Å². The van der Waals surface area contributed by atoms with Gasteiger partial charge in [-0.05, 0) is 0 Å². The van der Waals surface area contributed by atoms with Crippen molar-refractivity contribution in [3.63, 3.8) is 0 Å². The zero-order chi connectivity index (χ0) is 18.1. The number of nitrogens with zero attached hydrogens (tertiary/aromatic N) is 2. The fraction of sp³-hybridized carbons (Fsp3) is 0.217. The molecule has 1 aliphatic rings. The van der Waals surface area contributed by atoms with E-state index in [1.165, 1.54) is 22.0 Å². The minimum atomic E-state index is -1.91. The van der Waals surface area contributed by atoms with E-state index in [2.05, 4.69) is 115 Å². The first kappa shape index (κ1) is 17.1. The van der Waals surface area contributed by atoms with Crippen molar-refractivity contribution in [1.29, 1.82) is 0 Å². The predicted molar refractivity (Wildman–Crippen MR) is 118 cm³/mol. The summed E-state index contributed by atoms with van der Waals surface area (Å²) in [6.45, 7) is 4.82. The second-order valence-corrected chi connectivity index (χ2v) is 11.6. The summed E-state index contributed by atoms with van der Waals surface area (Å²) in [6, 6.07) is 31.0. The summed E-state index contributed by atoms with van der Waals surface area (Å²) in [5.74, 6) is 0. The van der Waals surface area contributed by atoms with Crippen LogP contribution in [0.25, 0.3) is 0 Å². The maximum absolute atomic E-state index is 2.60. The van der Waals surface area contributed by atoms with Gasteiger partial charge >= 0.3 is 157 Å². The molecule has 1 heterocycles. The molecule has 4 rings (SSSR count). The third kappa shape index (κ3) is 2.79. The summed E-state index contributed by atoms with van der Waals surface area (Å²) in [5.41, 5.74) is 2.69. The second-order valence-electron chi connectivity index (χ2n) is 7.42. The van der Waals surface area contributed by atoms with Crippen molar-refractivity contribution in [3.05, 3.63) is 84.9 Å². The van der Waals surface area contributed by atoms with Crippen LogP contribution in [0.2, 0.25) is 0 Å². The van der Waals surface area contributed by atoms with E-state index in [1.807, 2.05) is 0 Å². The van der Waals surface area contributed by atoms with E-state index < -0.39 is 7.26 Å². The van der Waals surface area contributed by atoms with Gasteiger partial charge in [0, 0.05) is 0 Å². The molecule has 0 radical (unpaired) electrons. The Kier molecular flexibility index (Phi) is 4.46. The van der Waals surface area contributed by atoms with E-state index in [-0.39, 0.29) is 0 Å². The SMILES string of the molecule is CC1N(C)c2ccccc2N1C[PH](C)(c1ccccc1)c1ccccc1. The van der Waals surface area contributed by atoms with E-state index in [0.717, 1.165) is 6.29 Å². The van der Waals surface area contributed by atoms with Crippen molar-refractivity contribution in [1.82, 2.24) is 0 Å². The zero-order valence-electron chi connectivity index (χ0n) is 15.8. The van der Waals surface area contributed by atoms with Crippen LogP contribution in [-0.2, 0) is 0 Å². The number of anilines is 2. The summed E-state index contributed by atoms with van der Waals surface area (Å²) in [5, 5.41) is 2.98. The van der Waals surface area contributed by atoms with Gasteiger partial charge in [-0.1, -0.05) is 0 Å². The van der Waals surface area contributed by atoms with Gasteiger partial charge in [0.1, 0.15) is 0 Å². The molecule has 0 amide bonds. The van der Waals surface area contributed by atoms with Crippen LogP contribution in [0.3, 0.4) is 0 Å². The van der Waals surface area contributed by atoms with Gasteiger partial charge in [-0.2, -0.15) is 0 Å². The monoisotopic (exact) mass is 362 g/mol. The Bertz CT molecular complexity index is 839. The van der Waals surface area contributed by atoms with Gasteiger partial charge in [-0.3, -0.25) is 0 Å². The molecule has 26 heavy (non-hydrogen) atoms. The Hall–Kier alpha value is -2.31. The number of rotatable bonds is 4. The quantitative estimate of drug-likeness (QED) is 0.639. The molecule has 0 bridgehead atoms. The number of fused-ring (bicyclic) bond motifs is 1. The molecule has 0 spiro atoms. The number of para-hydroxylation sites is 2. The molecule has 0 aromatic heterocycles. The first-order valence-electron chi connectivity index (χ1n) is 9.31. The normalized spacial score (nSPS) is 17.3. The average molecular weight is 362 g/mol. The van der Waals surface area contributed by atoms with E-state index in [9.17, 15) is 0 Å². The molecular weight excluding hydrogens is 335 g/mol. The second kappa shape index (κ2) is 6.78. The first-order valence-corrected chi connectivity index (χ1v) is 12.0. The average Bonchev–Trinajstić information content (AvgIpc) is 2.94. The summed E-state index contributed by atoms with van der Waals surface area (Å²) >= 11 is 0. The molecule has 3 aromatic rings. The summed E-state index contributed by atoms with van der Waals surface area (Å²) in [4.78, 5) is 4.99. The van der Waals surface area contributed by atoms with Gasteiger partial charge in [-0.25, -0.2) is 0 Å². The Morgan fingerprint density at radius 1 is 0.731 bits per heavy atom. The third-order valence-electron chi connectivity index (χ3n) is 5.89. The van der Waals surface area contributed by atoms with Crippen LogP contribution < -0.4 is 20.4 Å². The Morgan fingerprint density at radius 2 is 1.19 bits per heavy atom. The Morgan fingerprint density at radius 3 is 1.73 bits per heavy atom. The fourth-order valence-corrected chi connectivity index (χ4v) is 7.81. The fourth-order valence-electron chi connectivity index (χ4n) is 4.14. The van der Waals surface area contributed by atoms with Crippen LogP contribution in [0, 0.1) is 0 Å². The summed E-state index contributed by atoms with van der Waals surface area (Å²) in [7, 11) is 0.295. The summed E-state index contributed by atoms with van der Waals surface area (Å²) in [6.07, 6.45) is 1.44. The Labute approximate surface area is 157 Å². The van der Waals surface area contributed by atoms with Crippen molar-refractivity contribution in [2.24, 2.45) is 0 Å². The van der Waals surface area contributed by atoms with Crippen molar-refractivity contribution in [2.75, 3.05) is 29.8 Å². The van der Waals surface area contributed by atoms with Crippen LogP contribution in [0.5, 0.6) is 0 Å². The molecule has 0 aliphatic carbocycles. The molecule has 3 aromatic carbocycles. The maximum atomic E-state index is 2.60. The van der Waals surface area contributed by atoms with Crippen molar-refractivity contribution < 1.29 is 0 Å². The molecule has 0 saturated heterocycles. The third-order valence-corrected chi connectivity index (χ3v) is 10.1. The molecule has 2 nitrogen and oxygen atoms in total. The van der Waals surface area contributed by atoms with Gasteiger partial charge in [0.2, 0.25) is 0 Å². The number of benzene rings is 3. The Balaban J connectivity index is 1.80. The summed E-state index contributed by atoms with van der Waals surface area (Å²) < 4.78 is 0. The van der Waals surface area contributed by atoms with Gasteiger partial charge < -0.3 is 0 Å². The van der Waals surface area contributed by atoms with E-state index in [1.54, 1.807) is 0 Å². The number of hydrogen-bond donors (Lipinski definition) is 0. The van der Waals surface area contributed by atoms with Crippen molar-refractivity contribution in [2.45, 2.75) is 13.1 Å². The van der Waals surface area contributed by atoms with Crippen LogP contribution >= 0.6 is 7.26 Å². The molecule has 0 fully saturated rings. The van der Waals surface area contributed by atoms with Crippen molar-refractivity contribution >= 4 is 29.2 Å².